The highest BCUT2D eigenvalue weighted by atomic mass is 35.5. The number of fused-ring (bicyclic) bond motifs is 1. The summed E-state index contributed by atoms with van der Waals surface area (Å²) < 4.78 is 19.5. The molecule has 0 saturated heterocycles. The third-order valence-corrected chi connectivity index (χ3v) is 5.93. The van der Waals surface area contributed by atoms with Gasteiger partial charge in [0.15, 0.2) is 5.13 Å². The maximum atomic E-state index is 13.4. The highest BCUT2D eigenvalue weighted by molar-refractivity contribution is 7.23. The van der Waals surface area contributed by atoms with Gasteiger partial charge < -0.3 is 9.64 Å². The Hall–Kier alpha value is -1.93. The molecule has 1 aromatic heterocycles. The van der Waals surface area contributed by atoms with Gasteiger partial charge in [0, 0.05) is 13.1 Å². The van der Waals surface area contributed by atoms with E-state index in [1.54, 1.807) is 19.2 Å². The van der Waals surface area contributed by atoms with Gasteiger partial charge in [0.25, 0.3) is 5.91 Å². The first-order chi connectivity index (χ1) is 13.3. The molecule has 5 nitrogen and oxygen atoms in total. The Kier molecular flexibility index (Phi) is 6.40. The van der Waals surface area contributed by atoms with Gasteiger partial charge >= 0.3 is 0 Å². The number of benzene rings is 2. The van der Waals surface area contributed by atoms with Crippen LogP contribution in [-0.4, -0.2) is 50.1 Å². The summed E-state index contributed by atoms with van der Waals surface area (Å²) in [4.78, 5) is 21.3. The lowest BCUT2D eigenvalue weighted by Crippen LogP contribution is -2.36. The Morgan fingerprint density at radius 2 is 1.93 bits per heavy atom. The van der Waals surface area contributed by atoms with Crippen molar-refractivity contribution in [2.75, 3.05) is 39.2 Å². The van der Waals surface area contributed by atoms with Crippen LogP contribution in [0.5, 0.6) is 5.75 Å². The SMILES string of the molecule is COc1ccc(Cl)c2sc(N(CCN(C)C)C(=O)c3ccc(F)cc3Cl)nc12. The molecule has 28 heavy (non-hydrogen) atoms. The van der Waals surface area contributed by atoms with Gasteiger partial charge in [-0.15, -0.1) is 0 Å². The minimum absolute atomic E-state index is 0.0524. The Morgan fingerprint density at radius 1 is 1.18 bits per heavy atom. The predicted molar refractivity (Wildman–Crippen MR) is 113 cm³/mol. The fraction of sp³-hybridized carbons (Fsp3) is 0.263. The van der Waals surface area contributed by atoms with Gasteiger partial charge in [-0.25, -0.2) is 9.37 Å². The Balaban J connectivity index is 2.08. The lowest BCUT2D eigenvalue weighted by atomic mass is 10.2. The van der Waals surface area contributed by atoms with E-state index in [1.807, 2.05) is 19.0 Å². The number of halogens is 3. The van der Waals surface area contributed by atoms with Gasteiger partial charge in [0.1, 0.15) is 17.1 Å². The van der Waals surface area contributed by atoms with E-state index in [4.69, 9.17) is 27.9 Å². The number of hydrogen-bond donors (Lipinski definition) is 0. The van der Waals surface area contributed by atoms with Crippen LogP contribution in [0.2, 0.25) is 10.0 Å². The highest BCUT2D eigenvalue weighted by Crippen LogP contribution is 2.39. The summed E-state index contributed by atoms with van der Waals surface area (Å²) in [6, 6.07) is 7.17. The van der Waals surface area contributed by atoms with E-state index < -0.39 is 5.82 Å². The predicted octanol–water partition coefficient (Wildman–Crippen LogP) is 4.96. The number of rotatable bonds is 6. The van der Waals surface area contributed by atoms with Crippen LogP contribution in [0.15, 0.2) is 30.3 Å². The molecule has 0 unspecified atom stereocenters. The molecule has 0 aliphatic rings. The number of ether oxygens (including phenoxy) is 1. The lowest BCUT2D eigenvalue weighted by molar-refractivity contribution is 0.0985. The van der Waals surface area contributed by atoms with E-state index in [1.165, 1.54) is 28.4 Å². The molecule has 0 aliphatic carbocycles. The number of nitrogens with zero attached hydrogens (tertiary/aromatic N) is 3. The van der Waals surface area contributed by atoms with Crippen molar-refractivity contribution in [3.05, 3.63) is 51.8 Å². The fourth-order valence-electron chi connectivity index (χ4n) is 2.61. The molecule has 0 bridgehead atoms. The van der Waals surface area contributed by atoms with Crippen LogP contribution in [0.3, 0.4) is 0 Å². The summed E-state index contributed by atoms with van der Waals surface area (Å²) in [5.74, 6) is -0.291. The zero-order valence-electron chi connectivity index (χ0n) is 15.5. The van der Waals surface area contributed by atoms with Crippen molar-refractivity contribution in [3.63, 3.8) is 0 Å². The monoisotopic (exact) mass is 441 g/mol. The molecule has 1 amide bonds. The van der Waals surface area contributed by atoms with Gasteiger partial charge in [-0.1, -0.05) is 34.5 Å². The van der Waals surface area contributed by atoms with Crippen LogP contribution < -0.4 is 9.64 Å². The zero-order valence-corrected chi connectivity index (χ0v) is 17.8. The molecule has 0 spiro atoms. The first-order valence-corrected chi connectivity index (χ1v) is 9.93. The van der Waals surface area contributed by atoms with Crippen LogP contribution in [-0.2, 0) is 0 Å². The minimum atomic E-state index is -0.502. The smallest absolute Gasteiger partial charge is 0.261 e. The van der Waals surface area contributed by atoms with E-state index in [-0.39, 0.29) is 16.5 Å². The van der Waals surface area contributed by atoms with E-state index in [9.17, 15) is 9.18 Å². The third kappa shape index (κ3) is 4.22. The molecule has 1 heterocycles. The van der Waals surface area contributed by atoms with Gasteiger partial charge in [-0.05, 0) is 44.4 Å². The van der Waals surface area contributed by atoms with Crippen LogP contribution in [0.1, 0.15) is 10.4 Å². The second kappa shape index (κ2) is 8.61. The fourth-order valence-corrected chi connectivity index (χ4v) is 4.14. The van der Waals surface area contributed by atoms with Crippen molar-refractivity contribution >= 4 is 55.8 Å². The average molecular weight is 442 g/mol. The molecule has 148 valence electrons. The van der Waals surface area contributed by atoms with Crippen molar-refractivity contribution in [2.45, 2.75) is 0 Å². The summed E-state index contributed by atoms with van der Waals surface area (Å²) in [5.41, 5.74) is 0.794. The number of carbonyl (C=O) groups is 1. The normalized spacial score (nSPS) is 11.2. The number of methoxy groups -OCH3 is 1. The van der Waals surface area contributed by atoms with Crippen molar-refractivity contribution in [3.8, 4) is 5.75 Å². The van der Waals surface area contributed by atoms with Crippen LogP contribution in [0, 0.1) is 5.82 Å². The van der Waals surface area contributed by atoms with E-state index in [2.05, 4.69) is 4.98 Å². The standard InChI is InChI=1S/C19H18Cl2FN3O2S/c1-24(2)8-9-25(18(26)12-5-4-11(22)10-14(12)21)19-23-16-15(27-3)7-6-13(20)17(16)28-19/h4-7,10H,8-9H2,1-3H3. The maximum absolute atomic E-state index is 13.4. The summed E-state index contributed by atoms with van der Waals surface area (Å²) in [7, 11) is 5.37. The first-order valence-electron chi connectivity index (χ1n) is 8.36. The first kappa shape index (κ1) is 20.8. The molecule has 0 aliphatic heterocycles. The number of likely N-dealkylation sites (N-methyl/N-ethyl adjacent to an activating group) is 1. The molecule has 0 atom stereocenters. The number of amides is 1. The molecule has 2 aromatic carbocycles. The third-order valence-electron chi connectivity index (χ3n) is 4.08. The molecule has 0 radical (unpaired) electrons. The lowest BCUT2D eigenvalue weighted by Gasteiger charge is -2.22. The van der Waals surface area contributed by atoms with Crippen LogP contribution in [0.25, 0.3) is 10.2 Å². The molecule has 3 rings (SSSR count). The summed E-state index contributed by atoms with van der Waals surface area (Å²) in [5, 5.41) is 1.05. The highest BCUT2D eigenvalue weighted by Gasteiger charge is 2.25. The quantitative estimate of drug-likeness (QED) is 0.542. The van der Waals surface area contributed by atoms with Crippen molar-refractivity contribution in [2.24, 2.45) is 0 Å². The summed E-state index contributed by atoms with van der Waals surface area (Å²) in [6.45, 7) is 0.977. The Bertz CT molecular complexity index is 1030. The average Bonchev–Trinajstić information content (AvgIpc) is 3.08. The van der Waals surface area contributed by atoms with Crippen LogP contribution >= 0.6 is 34.5 Å². The maximum Gasteiger partial charge on any atom is 0.261 e. The Morgan fingerprint density at radius 3 is 2.57 bits per heavy atom. The molecule has 0 fully saturated rings. The number of thiazole rings is 1. The molecule has 0 N–H and O–H groups in total. The van der Waals surface area contributed by atoms with Gasteiger partial charge in [-0.2, -0.15) is 0 Å². The van der Waals surface area contributed by atoms with E-state index >= 15 is 0 Å². The van der Waals surface area contributed by atoms with Gasteiger partial charge in [-0.3, -0.25) is 9.69 Å². The Labute approximate surface area is 176 Å². The topological polar surface area (TPSA) is 45.7 Å². The molecular weight excluding hydrogens is 424 g/mol. The number of anilines is 1. The second-order valence-corrected chi connectivity index (χ2v) is 8.10. The summed E-state index contributed by atoms with van der Waals surface area (Å²) in [6.07, 6.45) is 0. The van der Waals surface area contributed by atoms with Crippen molar-refractivity contribution in [1.29, 1.82) is 0 Å². The second-order valence-electron chi connectivity index (χ2n) is 6.31. The van der Waals surface area contributed by atoms with E-state index in [0.717, 1.165) is 10.8 Å². The van der Waals surface area contributed by atoms with Crippen LogP contribution in [0.4, 0.5) is 9.52 Å². The van der Waals surface area contributed by atoms with Crippen molar-refractivity contribution < 1.29 is 13.9 Å². The molecule has 0 saturated carbocycles. The summed E-state index contributed by atoms with van der Waals surface area (Å²) >= 11 is 13.7. The minimum Gasteiger partial charge on any atom is -0.494 e. The molecule has 9 heteroatoms. The number of carbonyl (C=O) groups excluding carboxylic acids is 1. The van der Waals surface area contributed by atoms with Crippen molar-refractivity contribution in [1.82, 2.24) is 9.88 Å². The number of hydrogen-bond acceptors (Lipinski definition) is 5. The number of aromatic nitrogens is 1. The molecule has 3 aromatic rings. The zero-order chi connectivity index (χ0) is 20.4. The van der Waals surface area contributed by atoms with E-state index in [0.29, 0.717) is 34.5 Å². The largest absolute Gasteiger partial charge is 0.494 e. The molecular formula is C19H18Cl2FN3O2S. The van der Waals surface area contributed by atoms with Gasteiger partial charge in [0.2, 0.25) is 0 Å². The van der Waals surface area contributed by atoms with Gasteiger partial charge in [0.05, 0.1) is 27.4 Å².